The van der Waals surface area contributed by atoms with Crippen molar-refractivity contribution in [1.82, 2.24) is 4.31 Å². The van der Waals surface area contributed by atoms with Gasteiger partial charge in [-0.1, -0.05) is 0 Å². The molecule has 0 unspecified atom stereocenters. The van der Waals surface area contributed by atoms with Crippen LogP contribution >= 0.6 is 11.3 Å². The van der Waals surface area contributed by atoms with Crippen LogP contribution in [0.2, 0.25) is 0 Å². The van der Waals surface area contributed by atoms with Crippen molar-refractivity contribution in [3.8, 4) is 0 Å². The minimum Gasteiger partial charge on any atom is -0.469 e. The van der Waals surface area contributed by atoms with Crippen LogP contribution in [0, 0.1) is 13.8 Å². The maximum atomic E-state index is 12.6. The molecule has 110 valence electrons. The van der Waals surface area contributed by atoms with E-state index in [1.165, 1.54) is 22.7 Å². The zero-order valence-electron chi connectivity index (χ0n) is 11.6. The smallest absolute Gasteiger partial charge is 0.244 e. The van der Waals surface area contributed by atoms with Crippen molar-refractivity contribution in [2.45, 2.75) is 31.9 Å². The highest BCUT2D eigenvalue weighted by atomic mass is 32.2. The van der Waals surface area contributed by atoms with Crippen molar-refractivity contribution in [1.29, 1.82) is 0 Å². The van der Waals surface area contributed by atoms with Gasteiger partial charge in [-0.3, -0.25) is 0 Å². The largest absolute Gasteiger partial charge is 0.469 e. The quantitative estimate of drug-likeness (QED) is 0.919. The second kappa shape index (κ2) is 5.69. The Hall–Kier alpha value is -1.15. The van der Waals surface area contributed by atoms with Crippen molar-refractivity contribution in [2.24, 2.45) is 0 Å². The first-order valence-electron chi connectivity index (χ1n) is 6.05. The lowest BCUT2D eigenvalue weighted by molar-refractivity contribution is 0.282. The number of aliphatic hydroxyl groups excluding tert-OH is 1. The van der Waals surface area contributed by atoms with Crippen molar-refractivity contribution in [3.05, 3.63) is 39.5 Å². The van der Waals surface area contributed by atoms with E-state index in [0.29, 0.717) is 16.2 Å². The number of furan rings is 1. The predicted molar refractivity (Wildman–Crippen MR) is 77.1 cm³/mol. The van der Waals surface area contributed by atoms with E-state index < -0.39 is 10.0 Å². The molecule has 2 rings (SSSR count). The molecule has 2 aromatic rings. The number of rotatable bonds is 5. The van der Waals surface area contributed by atoms with E-state index in [1.807, 2.05) is 0 Å². The molecule has 7 heteroatoms. The summed E-state index contributed by atoms with van der Waals surface area (Å²) < 4.78 is 31.7. The second-order valence-electron chi connectivity index (χ2n) is 4.59. The molecule has 5 nitrogen and oxygen atoms in total. The zero-order valence-corrected chi connectivity index (χ0v) is 13.2. The molecule has 0 fully saturated rings. The van der Waals surface area contributed by atoms with Crippen LogP contribution in [0.3, 0.4) is 0 Å². The highest BCUT2D eigenvalue weighted by Crippen LogP contribution is 2.29. The number of nitrogens with zero attached hydrogens (tertiary/aromatic N) is 1. The summed E-state index contributed by atoms with van der Waals surface area (Å²) in [6.07, 6.45) is 1.54. The highest BCUT2D eigenvalue weighted by Gasteiger charge is 2.27. The van der Waals surface area contributed by atoms with Gasteiger partial charge < -0.3 is 9.52 Å². The summed E-state index contributed by atoms with van der Waals surface area (Å²) >= 11 is 1.26. The Kier molecular flexibility index (Phi) is 4.33. The average Bonchev–Trinajstić information content (AvgIpc) is 2.96. The third-order valence-electron chi connectivity index (χ3n) is 3.16. The maximum Gasteiger partial charge on any atom is 0.244 e. The summed E-state index contributed by atoms with van der Waals surface area (Å²) in [5.74, 6) is 0.705. The zero-order chi connectivity index (χ0) is 14.9. The minimum atomic E-state index is -3.62. The minimum absolute atomic E-state index is 0.216. The summed E-state index contributed by atoms with van der Waals surface area (Å²) in [6, 6.07) is 1.76. The standard InChI is InChI=1S/C13H17NO4S2/c1-9-8-19-12(7-15)13(9)20(16,17)14(3)6-11-4-5-18-10(11)2/h4-5,8,15H,6-7H2,1-3H3. The lowest BCUT2D eigenvalue weighted by atomic mass is 10.3. The van der Waals surface area contributed by atoms with Gasteiger partial charge in [0.2, 0.25) is 10.0 Å². The van der Waals surface area contributed by atoms with Gasteiger partial charge in [-0.2, -0.15) is 4.31 Å². The topological polar surface area (TPSA) is 70.8 Å². The lowest BCUT2D eigenvalue weighted by Crippen LogP contribution is -2.27. The van der Waals surface area contributed by atoms with Gasteiger partial charge >= 0.3 is 0 Å². The third-order valence-corrected chi connectivity index (χ3v) is 6.41. The molecule has 0 saturated heterocycles. The molecule has 0 aliphatic heterocycles. The Morgan fingerprint density at radius 2 is 2.10 bits per heavy atom. The average molecular weight is 315 g/mol. The van der Waals surface area contributed by atoms with Gasteiger partial charge in [0.05, 0.1) is 17.7 Å². The number of thiophene rings is 1. The Labute approximate surface area is 122 Å². The lowest BCUT2D eigenvalue weighted by Gasteiger charge is -2.17. The molecule has 1 N–H and O–H groups in total. The summed E-state index contributed by atoms with van der Waals surface area (Å²) in [5, 5.41) is 11.0. The first-order valence-corrected chi connectivity index (χ1v) is 8.37. The molecular formula is C13H17NO4S2. The summed E-state index contributed by atoms with van der Waals surface area (Å²) in [6.45, 7) is 3.50. The number of aliphatic hydroxyl groups is 1. The molecule has 0 bridgehead atoms. The normalized spacial score (nSPS) is 12.2. The number of hydrogen-bond acceptors (Lipinski definition) is 5. The molecular weight excluding hydrogens is 298 g/mol. The van der Waals surface area contributed by atoms with Crippen LogP contribution < -0.4 is 0 Å². The molecule has 0 aromatic carbocycles. The molecule has 0 aliphatic rings. The van der Waals surface area contributed by atoms with Crippen LogP contribution in [0.4, 0.5) is 0 Å². The van der Waals surface area contributed by atoms with Crippen molar-refractivity contribution < 1.29 is 17.9 Å². The van der Waals surface area contributed by atoms with Crippen molar-refractivity contribution >= 4 is 21.4 Å². The van der Waals surface area contributed by atoms with Gasteiger partial charge in [-0.25, -0.2) is 8.42 Å². The van der Waals surface area contributed by atoms with E-state index in [-0.39, 0.29) is 18.0 Å². The van der Waals surface area contributed by atoms with Crippen molar-refractivity contribution in [3.63, 3.8) is 0 Å². The van der Waals surface area contributed by atoms with Gasteiger partial charge in [-0.05, 0) is 30.9 Å². The first-order chi connectivity index (χ1) is 9.37. The molecule has 0 saturated carbocycles. The Morgan fingerprint density at radius 3 is 2.65 bits per heavy atom. The van der Waals surface area contributed by atoms with E-state index >= 15 is 0 Å². The Morgan fingerprint density at radius 1 is 1.40 bits per heavy atom. The van der Waals surface area contributed by atoms with E-state index in [9.17, 15) is 13.5 Å². The monoisotopic (exact) mass is 315 g/mol. The third kappa shape index (κ3) is 2.67. The molecule has 0 amide bonds. The summed E-state index contributed by atoms with van der Waals surface area (Å²) in [5.41, 5.74) is 1.49. The molecule has 2 heterocycles. The highest BCUT2D eigenvalue weighted by molar-refractivity contribution is 7.89. The summed E-state index contributed by atoms with van der Waals surface area (Å²) in [4.78, 5) is 0.687. The van der Waals surface area contributed by atoms with E-state index in [1.54, 1.807) is 31.6 Å². The fraction of sp³-hybridized carbons (Fsp3) is 0.385. The fourth-order valence-corrected chi connectivity index (χ4v) is 4.75. The van der Waals surface area contributed by atoms with Crippen molar-refractivity contribution in [2.75, 3.05) is 7.05 Å². The molecule has 0 spiro atoms. The van der Waals surface area contributed by atoms with Crippen LogP contribution in [0.15, 0.2) is 27.0 Å². The summed E-state index contributed by atoms with van der Waals surface area (Å²) in [7, 11) is -2.09. The SMILES string of the molecule is Cc1csc(CO)c1S(=O)(=O)N(C)Cc1ccoc1C. The second-order valence-corrected chi connectivity index (χ2v) is 7.54. The first kappa shape index (κ1) is 15.2. The van der Waals surface area contributed by atoms with E-state index in [2.05, 4.69) is 0 Å². The fourth-order valence-electron chi connectivity index (χ4n) is 2.00. The number of aryl methyl sites for hydroxylation is 2. The molecule has 2 aromatic heterocycles. The number of sulfonamides is 1. The molecule has 20 heavy (non-hydrogen) atoms. The van der Waals surface area contributed by atoms with Gasteiger partial charge in [0.1, 0.15) is 10.7 Å². The number of hydrogen-bond donors (Lipinski definition) is 1. The van der Waals surface area contributed by atoms with E-state index in [0.717, 1.165) is 5.56 Å². The molecule has 0 radical (unpaired) electrons. The van der Waals surface area contributed by atoms with Crippen LogP contribution in [-0.4, -0.2) is 24.9 Å². The van der Waals surface area contributed by atoms with Crippen LogP contribution in [0.1, 0.15) is 21.8 Å². The van der Waals surface area contributed by atoms with Crippen LogP contribution in [0.5, 0.6) is 0 Å². The Balaban J connectivity index is 2.35. The maximum absolute atomic E-state index is 12.6. The van der Waals surface area contributed by atoms with Gasteiger partial charge in [0.25, 0.3) is 0 Å². The van der Waals surface area contributed by atoms with Crippen LogP contribution in [-0.2, 0) is 23.2 Å². The predicted octanol–water partition coefficient (Wildman–Crippen LogP) is 2.27. The van der Waals surface area contributed by atoms with E-state index in [4.69, 9.17) is 4.42 Å². The Bertz CT molecular complexity index is 700. The van der Waals surface area contributed by atoms with Gasteiger partial charge in [0, 0.05) is 19.2 Å². The van der Waals surface area contributed by atoms with Crippen LogP contribution in [0.25, 0.3) is 0 Å². The van der Waals surface area contributed by atoms with Gasteiger partial charge in [-0.15, -0.1) is 11.3 Å². The van der Waals surface area contributed by atoms with Gasteiger partial charge in [0.15, 0.2) is 0 Å². The molecule has 0 atom stereocenters. The molecule has 0 aliphatic carbocycles.